The smallest absolute Gasteiger partial charge is 0.316 e. The standard InChI is InChI=1S/C9H16O4S/c1-6(2)13-8(10)5-14-4-7(3)9(11)12/h6-7H,4-5H2,1-3H3,(H,11,12)/p-1. The summed E-state index contributed by atoms with van der Waals surface area (Å²) in [6, 6.07) is 0. The van der Waals surface area contributed by atoms with Crippen LogP contribution in [0.2, 0.25) is 0 Å². The molecule has 0 aromatic carbocycles. The van der Waals surface area contributed by atoms with E-state index in [9.17, 15) is 14.7 Å². The van der Waals surface area contributed by atoms with Crippen LogP contribution in [-0.4, -0.2) is 29.5 Å². The van der Waals surface area contributed by atoms with Gasteiger partial charge in [-0.05, 0) is 13.8 Å². The average Bonchev–Trinajstić information content (AvgIpc) is 2.02. The third kappa shape index (κ3) is 6.77. The van der Waals surface area contributed by atoms with E-state index >= 15 is 0 Å². The van der Waals surface area contributed by atoms with Crippen LogP contribution in [0, 0.1) is 5.92 Å². The Bertz CT molecular complexity index is 203. The van der Waals surface area contributed by atoms with Crippen LogP contribution in [0.5, 0.6) is 0 Å². The molecule has 0 N–H and O–H groups in total. The zero-order valence-corrected chi connectivity index (χ0v) is 9.43. The molecule has 4 nitrogen and oxygen atoms in total. The first-order valence-electron chi connectivity index (χ1n) is 4.41. The van der Waals surface area contributed by atoms with E-state index in [-0.39, 0.29) is 17.8 Å². The van der Waals surface area contributed by atoms with E-state index in [1.807, 2.05) is 0 Å². The van der Waals surface area contributed by atoms with E-state index < -0.39 is 11.9 Å². The topological polar surface area (TPSA) is 66.4 Å². The Morgan fingerprint density at radius 1 is 1.36 bits per heavy atom. The second-order valence-corrected chi connectivity index (χ2v) is 4.30. The highest BCUT2D eigenvalue weighted by atomic mass is 32.2. The minimum atomic E-state index is -1.09. The molecule has 1 unspecified atom stereocenters. The summed E-state index contributed by atoms with van der Waals surface area (Å²) in [4.78, 5) is 21.3. The van der Waals surface area contributed by atoms with Gasteiger partial charge < -0.3 is 14.6 Å². The Morgan fingerprint density at radius 3 is 2.36 bits per heavy atom. The number of carbonyl (C=O) groups excluding carboxylic acids is 2. The molecule has 1 atom stereocenters. The molecule has 0 bridgehead atoms. The van der Waals surface area contributed by atoms with Gasteiger partial charge in [-0.2, -0.15) is 0 Å². The van der Waals surface area contributed by atoms with Gasteiger partial charge in [0.05, 0.1) is 11.9 Å². The van der Waals surface area contributed by atoms with Crippen molar-refractivity contribution in [1.29, 1.82) is 0 Å². The van der Waals surface area contributed by atoms with Crippen LogP contribution in [0.4, 0.5) is 0 Å². The van der Waals surface area contributed by atoms with Crippen molar-refractivity contribution in [1.82, 2.24) is 0 Å². The van der Waals surface area contributed by atoms with Gasteiger partial charge in [0.25, 0.3) is 0 Å². The van der Waals surface area contributed by atoms with Crippen molar-refractivity contribution >= 4 is 23.7 Å². The lowest BCUT2D eigenvalue weighted by atomic mass is 10.2. The number of carboxylic acid groups (broad SMARTS) is 1. The maximum atomic E-state index is 11.0. The van der Waals surface area contributed by atoms with Gasteiger partial charge in [-0.1, -0.05) is 6.92 Å². The Balaban J connectivity index is 3.54. The highest BCUT2D eigenvalue weighted by Crippen LogP contribution is 2.08. The number of thioether (sulfide) groups is 1. The van der Waals surface area contributed by atoms with Crippen LogP contribution in [-0.2, 0) is 14.3 Å². The van der Waals surface area contributed by atoms with Crippen molar-refractivity contribution in [3.63, 3.8) is 0 Å². The third-order valence-corrected chi connectivity index (χ3v) is 2.53. The Kier molecular flexibility index (Phi) is 6.36. The fraction of sp³-hybridized carbons (Fsp3) is 0.778. The van der Waals surface area contributed by atoms with Crippen molar-refractivity contribution in [2.45, 2.75) is 26.9 Å². The molecule has 82 valence electrons. The average molecular weight is 219 g/mol. The first-order chi connectivity index (χ1) is 6.43. The fourth-order valence-electron chi connectivity index (χ4n) is 0.684. The van der Waals surface area contributed by atoms with Crippen molar-refractivity contribution in [3.05, 3.63) is 0 Å². The van der Waals surface area contributed by atoms with E-state index in [1.165, 1.54) is 11.8 Å². The number of hydrogen-bond acceptors (Lipinski definition) is 5. The van der Waals surface area contributed by atoms with Gasteiger partial charge in [-0.3, -0.25) is 4.79 Å². The summed E-state index contributed by atoms with van der Waals surface area (Å²) in [5.74, 6) is -1.37. The summed E-state index contributed by atoms with van der Waals surface area (Å²) >= 11 is 1.24. The van der Waals surface area contributed by atoms with Crippen LogP contribution in [0.15, 0.2) is 0 Å². The Morgan fingerprint density at radius 2 is 1.93 bits per heavy atom. The number of carboxylic acids is 1. The van der Waals surface area contributed by atoms with Crippen LogP contribution < -0.4 is 5.11 Å². The SMILES string of the molecule is CC(C)OC(=O)CSCC(C)C(=O)[O-]. The Labute approximate surface area is 88.0 Å². The molecular weight excluding hydrogens is 204 g/mol. The third-order valence-electron chi connectivity index (χ3n) is 1.36. The first kappa shape index (κ1) is 13.3. The number of aliphatic carboxylic acids is 1. The lowest BCUT2D eigenvalue weighted by Gasteiger charge is -2.12. The van der Waals surface area contributed by atoms with E-state index in [0.29, 0.717) is 5.75 Å². The molecule has 0 aliphatic rings. The maximum Gasteiger partial charge on any atom is 0.316 e. The quantitative estimate of drug-likeness (QED) is 0.591. The van der Waals surface area contributed by atoms with Crippen molar-refractivity contribution < 1.29 is 19.4 Å². The summed E-state index contributed by atoms with van der Waals surface area (Å²) in [7, 11) is 0. The number of carbonyl (C=O) groups is 2. The normalized spacial score (nSPS) is 12.6. The first-order valence-corrected chi connectivity index (χ1v) is 5.57. The molecule has 0 radical (unpaired) electrons. The zero-order chi connectivity index (χ0) is 11.1. The number of hydrogen-bond donors (Lipinski definition) is 0. The summed E-state index contributed by atoms with van der Waals surface area (Å²) in [6.45, 7) is 5.09. The second kappa shape index (κ2) is 6.70. The van der Waals surface area contributed by atoms with Gasteiger partial charge in [-0.15, -0.1) is 11.8 Å². The van der Waals surface area contributed by atoms with Crippen LogP contribution in [0.1, 0.15) is 20.8 Å². The van der Waals surface area contributed by atoms with Crippen LogP contribution in [0.3, 0.4) is 0 Å². The van der Waals surface area contributed by atoms with Crippen LogP contribution in [0.25, 0.3) is 0 Å². The molecule has 0 heterocycles. The molecule has 0 aromatic rings. The highest BCUT2D eigenvalue weighted by Gasteiger charge is 2.08. The van der Waals surface area contributed by atoms with Crippen LogP contribution >= 0.6 is 11.8 Å². The summed E-state index contributed by atoms with van der Waals surface area (Å²) in [5, 5.41) is 10.3. The largest absolute Gasteiger partial charge is 0.550 e. The molecule has 14 heavy (non-hydrogen) atoms. The molecule has 0 rings (SSSR count). The van der Waals surface area contributed by atoms with Gasteiger partial charge in [0, 0.05) is 17.6 Å². The van der Waals surface area contributed by atoms with Crippen molar-refractivity contribution in [2.24, 2.45) is 5.92 Å². The molecule has 0 aromatic heterocycles. The molecule has 0 saturated carbocycles. The zero-order valence-electron chi connectivity index (χ0n) is 8.61. The van der Waals surface area contributed by atoms with E-state index in [0.717, 1.165) is 0 Å². The molecule has 5 heteroatoms. The molecule has 0 spiro atoms. The van der Waals surface area contributed by atoms with Gasteiger partial charge >= 0.3 is 5.97 Å². The minimum absolute atomic E-state index is 0.123. The van der Waals surface area contributed by atoms with Gasteiger partial charge in [-0.25, -0.2) is 0 Å². The van der Waals surface area contributed by atoms with Crippen molar-refractivity contribution in [3.8, 4) is 0 Å². The summed E-state index contributed by atoms with van der Waals surface area (Å²) in [5.41, 5.74) is 0. The van der Waals surface area contributed by atoms with Gasteiger partial charge in [0.1, 0.15) is 0 Å². The Hall–Kier alpha value is -0.710. The van der Waals surface area contributed by atoms with E-state index in [2.05, 4.69) is 0 Å². The molecule has 0 amide bonds. The lowest BCUT2D eigenvalue weighted by Crippen LogP contribution is -2.31. The fourth-order valence-corrected chi connectivity index (χ4v) is 1.53. The maximum absolute atomic E-state index is 11.0. The van der Waals surface area contributed by atoms with E-state index in [4.69, 9.17) is 4.74 Å². The summed E-state index contributed by atoms with van der Waals surface area (Å²) in [6.07, 6.45) is -0.123. The number of rotatable bonds is 6. The minimum Gasteiger partial charge on any atom is -0.550 e. The predicted octanol–water partition coefficient (Wildman–Crippen LogP) is 0.0572. The summed E-state index contributed by atoms with van der Waals surface area (Å²) < 4.78 is 4.87. The molecule has 0 fully saturated rings. The number of ether oxygens (including phenoxy) is 1. The molecule has 0 aliphatic heterocycles. The highest BCUT2D eigenvalue weighted by molar-refractivity contribution is 7.99. The van der Waals surface area contributed by atoms with E-state index in [1.54, 1.807) is 20.8 Å². The lowest BCUT2D eigenvalue weighted by molar-refractivity contribution is -0.310. The van der Waals surface area contributed by atoms with Gasteiger partial charge in [0.2, 0.25) is 0 Å². The molecular formula is C9H15O4S-. The second-order valence-electron chi connectivity index (χ2n) is 3.27. The number of esters is 1. The van der Waals surface area contributed by atoms with Gasteiger partial charge in [0.15, 0.2) is 0 Å². The predicted molar refractivity (Wildman–Crippen MR) is 52.7 cm³/mol. The molecule has 0 aliphatic carbocycles. The molecule has 0 saturated heterocycles. The monoisotopic (exact) mass is 219 g/mol. The van der Waals surface area contributed by atoms with Crippen molar-refractivity contribution in [2.75, 3.05) is 11.5 Å².